The fraction of sp³-hybridized carbons (Fsp3) is 0.818. The Morgan fingerprint density at radius 3 is 2.59 bits per heavy atom. The molecular formula is C22H36O5. The van der Waals surface area contributed by atoms with Gasteiger partial charge in [-0.3, -0.25) is 9.59 Å². The van der Waals surface area contributed by atoms with Crippen LogP contribution < -0.4 is 0 Å². The predicted octanol–water partition coefficient (Wildman–Crippen LogP) is 3.58. The lowest BCUT2D eigenvalue weighted by molar-refractivity contribution is -0.138. The van der Waals surface area contributed by atoms with Crippen LogP contribution >= 0.6 is 0 Å². The van der Waals surface area contributed by atoms with Crippen LogP contribution in [0.3, 0.4) is 0 Å². The van der Waals surface area contributed by atoms with Crippen LogP contribution in [0.2, 0.25) is 0 Å². The van der Waals surface area contributed by atoms with E-state index in [4.69, 9.17) is 5.11 Å². The summed E-state index contributed by atoms with van der Waals surface area (Å²) < 4.78 is 0. The first-order valence-corrected chi connectivity index (χ1v) is 10.6. The average molecular weight is 381 g/mol. The minimum atomic E-state index is -0.714. The van der Waals surface area contributed by atoms with Gasteiger partial charge in [-0.2, -0.15) is 0 Å². The van der Waals surface area contributed by atoms with Gasteiger partial charge >= 0.3 is 5.97 Å². The molecule has 0 saturated heterocycles. The summed E-state index contributed by atoms with van der Waals surface area (Å²) in [5.41, 5.74) is 0. The Morgan fingerprint density at radius 2 is 1.96 bits per heavy atom. The summed E-state index contributed by atoms with van der Waals surface area (Å²) in [6.07, 6.45) is 9.85. The van der Waals surface area contributed by atoms with E-state index < -0.39 is 12.1 Å². The molecule has 3 N–H and O–H groups in total. The number of aliphatic carboxylic acids is 1. The Balaban J connectivity index is 1.78. The molecule has 2 saturated carbocycles. The second kappa shape index (κ2) is 10.4. The van der Waals surface area contributed by atoms with Crippen molar-refractivity contribution in [3.05, 3.63) is 12.2 Å². The molecule has 154 valence electrons. The zero-order valence-corrected chi connectivity index (χ0v) is 16.7. The van der Waals surface area contributed by atoms with Crippen LogP contribution in [0.5, 0.6) is 0 Å². The normalized spacial score (nSPS) is 32.7. The van der Waals surface area contributed by atoms with E-state index in [1.807, 2.05) is 12.2 Å². The van der Waals surface area contributed by atoms with Crippen LogP contribution in [0.1, 0.15) is 71.6 Å². The van der Waals surface area contributed by atoms with Crippen LogP contribution in [0, 0.1) is 29.6 Å². The molecule has 5 heteroatoms. The molecule has 0 spiro atoms. The van der Waals surface area contributed by atoms with E-state index in [0.717, 1.165) is 32.1 Å². The van der Waals surface area contributed by atoms with Crippen molar-refractivity contribution in [3.8, 4) is 0 Å². The highest BCUT2D eigenvalue weighted by atomic mass is 16.4. The number of carboxylic acids is 1. The summed E-state index contributed by atoms with van der Waals surface area (Å²) in [6.45, 7) is 4.21. The first-order valence-electron chi connectivity index (χ1n) is 10.6. The number of unbranched alkanes of at least 4 members (excludes halogenated alkanes) is 1. The summed E-state index contributed by atoms with van der Waals surface area (Å²) in [4.78, 5) is 23.1. The smallest absolute Gasteiger partial charge is 0.306 e. The highest BCUT2D eigenvalue weighted by Crippen LogP contribution is 2.42. The number of allylic oxidation sites excluding steroid dienone is 2. The van der Waals surface area contributed by atoms with Crippen LogP contribution in [0.4, 0.5) is 0 Å². The lowest BCUT2D eigenvalue weighted by atomic mass is 9.84. The Bertz CT molecular complexity index is 529. The van der Waals surface area contributed by atoms with Crippen molar-refractivity contribution < 1.29 is 24.9 Å². The number of aliphatic hydroxyl groups is 2. The lowest BCUT2D eigenvalue weighted by Gasteiger charge is -2.24. The summed E-state index contributed by atoms with van der Waals surface area (Å²) >= 11 is 0. The topological polar surface area (TPSA) is 94.8 Å². The maximum atomic E-state index is 12.3. The minimum Gasteiger partial charge on any atom is -0.481 e. The minimum absolute atomic E-state index is 0.0807. The number of hydrogen-bond donors (Lipinski definition) is 3. The standard InChI is InChI=1S/C22H36O5/c1-3-4-7-14(2)19(23)11-10-17-16(20(24)13-21(17)25)9-6-5-8-15-12-18(15)22(26)27/h5-6,14-19,21,23,25H,3-4,7-13H2,1-2H3,(H,26,27)/b6-5-/t14-,15-,16-,17-,18-,19-,21-/m1/s1. The molecule has 0 aromatic heterocycles. The van der Waals surface area contributed by atoms with Gasteiger partial charge in [0.25, 0.3) is 0 Å². The molecule has 2 fully saturated rings. The zero-order chi connectivity index (χ0) is 20.0. The number of ketones is 1. The van der Waals surface area contributed by atoms with Crippen LogP contribution in [0.15, 0.2) is 12.2 Å². The number of carboxylic acid groups (broad SMARTS) is 1. The molecule has 0 radical (unpaired) electrons. The van der Waals surface area contributed by atoms with E-state index in [1.165, 1.54) is 0 Å². The molecule has 0 aliphatic heterocycles. The summed E-state index contributed by atoms with van der Waals surface area (Å²) in [5.74, 6) is -0.576. The Kier molecular flexibility index (Phi) is 8.49. The van der Waals surface area contributed by atoms with E-state index in [9.17, 15) is 19.8 Å². The fourth-order valence-corrected chi connectivity index (χ4v) is 4.41. The van der Waals surface area contributed by atoms with Gasteiger partial charge in [-0.25, -0.2) is 0 Å². The van der Waals surface area contributed by atoms with Crippen molar-refractivity contribution in [2.24, 2.45) is 29.6 Å². The molecule has 0 heterocycles. The number of carbonyl (C=O) groups excluding carboxylic acids is 1. The van der Waals surface area contributed by atoms with E-state index in [2.05, 4.69) is 13.8 Å². The molecule has 0 unspecified atom stereocenters. The molecule has 2 rings (SSSR count). The summed E-state index contributed by atoms with van der Waals surface area (Å²) in [5, 5.41) is 29.6. The van der Waals surface area contributed by atoms with Gasteiger partial charge in [-0.1, -0.05) is 38.8 Å². The molecular weight excluding hydrogens is 344 g/mol. The molecule has 2 aliphatic rings. The second-order valence-corrected chi connectivity index (χ2v) is 8.66. The van der Waals surface area contributed by atoms with Gasteiger partial charge in [-0.05, 0) is 56.3 Å². The maximum Gasteiger partial charge on any atom is 0.306 e. The monoisotopic (exact) mass is 380 g/mol. The van der Waals surface area contributed by atoms with Crippen molar-refractivity contribution in [1.82, 2.24) is 0 Å². The largest absolute Gasteiger partial charge is 0.481 e. The van der Waals surface area contributed by atoms with Gasteiger partial charge in [0.2, 0.25) is 0 Å². The molecule has 0 aromatic carbocycles. The Morgan fingerprint density at radius 1 is 1.26 bits per heavy atom. The number of aliphatic hydroxyl groups excluding tert-OH is 2. The number of hydrogen-bond acceptors (Lipinski definition) is 4. The Hall–Kier alpha value is -1.20. The molecule has 5 nitrogen and oxygen atoms in total. The predicted molar refractivity (Wildman–Crippen MR) is 104 cm³/mol. The van der Waals surface area contributed by atoms with Gasteiger partial charge in [0, 0.05) is 12.3 Å². The van der Waals surface area contributed by atoms with Gasteiger partial charge in [-0.15, -0.1) is 0 Å². The molecule has 2 aliphatic carbocycles. The second-order valence-electron chi connectivity index (χ2n) is 8.66. The van der Waals surface area contributed by atoms with Gasteiger partial charge in [0.1, 0.15) is 5.78 Å². The van der Waals surface area contributed by atoms with Crippen LogP contribution in [-0.2, 0) is 9.59 Å². The van der Waals surface area contributed by atoms with E-state index in [0.29, 0.717) is 19.3 Å². The fourth-order valence-electron chi connectivity index (χ4n) is 4.41. The van der Waals surface area contributed by atoms with E-state index in [-0.39, 0.29) is 47.9 Å². The number of rotatable bonds is 12. The van der Waals surface area contributed by atoms with Crippen molar-refractivity contribution >= 4 is 11.8 Å². The first kappa shape index (κ1) is 22.1. The first-order chi connectivity index (χ1) is 12.8. The zero-order valence-electron chi connectivity index (χ0n) is 16.7. The number of Topliss-reactive ketones (excluding diaryl/α,β-unsaturated/α-hetero) is 1. The summed E-state index contributed by atoms with van der Waals surface area (Å²) in [6, 6.07) is 0. The van der Waals surface area contributed by atoms with Gasteiger partial charge in [0.05, 0.1) is 18.1 Å². The van der Waals surface area contributed by atoms with Gasteiger partial charge < -0.3 is 15.3 Å². The molecule has 0 aromatic rings. The molecule has 27 heavy (non-hydrogen) atoms. The maximum absolute atomic E-state index is 12.3. The lowest BCUT2D eigenvalue weighted by Crippen LogP contribution is -2.24. The third-order valence-corrected chi connectivity index (χ3v) is 6.54. The molecule has 0 amide bonds. The van der Waals surface area contributed by atoms with E-state index in [1.54, 1.807) is 0 Å². The van der Waals surface area contributed by atoms with Crippen LogP contribution in [0.25, 0.3) is 0 Å². The van der Waals surface area contributed by atoms with Crippen molar-refractivity contribution in [3.63, 3.8) is 0 Å². The van der Waals surface area contributed by atoms with Crippen molar-refractivity contribution in [1.29, 1.82) is 0 Å². The summed E-state index contributed by atoms with van der Waals surface area (Å²) in [7, 11) is 0. The molecule has 0 bridgehead atoms. The molecule has 7 atom stereocenters. The van der Waals surface area contributed by atoms with E-state index >= 15 is 0 Å². The Labute approximate surface area is 162 Å². The number of carbonyl (C=O) groups is 2. The highest BCUT2D eigenvalue weighted by Gasteiger charge is 2.42. The van der Waals surface area contributed by atoms with Crippen molar-refractivity contribution in [2.75, 3.05) is 0 Å². The SMILES string of the molecule is CCCC[C@@H](C)[C@H](O)CC[C@H]1[C@H](O)CC(=O)[C@@H]1C/C=C\C[C@@H]1C[C@H]1C(=O)O. The van der Waals surface area contributed by atoms with Gasteiger partial charge in [0.15, 0.2) is 0 Å². The van der Waals surface area contributed by atoms with Crippen LogP contribution in [-0.4, -0.2) is 39.3 Å². The third kappa shape index (κ3) is 6.42. The average Bonchev–Trinajstić information content (AvgIpc) is 3.35. The van der Waals surface area contributed by atoms with Crippen molar-refractivity contribution in [2.45, 2.75) is 83.8 Å². The third-order valence-electron chi connectivity index (χ3n) is 6.54. The highest BCUT2D eigenvalue weighted by molar-refractivity contribution is 5.84. The quantitative estimate of drug-likeness (QED) is 0.450.